The van der Waals surface area contributed by atoms with Crippen molar-refractivity contribution in [1.82, 2.24) is 0 Å². The van der Waals surface area contributed by atoms with Crippen LogP contribution in [0.25, 0.3) is 0 Å². The van der Waals surface area contributed by atoms with E-state index in [2.05, 4.69) is 44.8 Å². The Morgan fingerprint density at radius 3 is 0.906 bits per heavy atom. The molecule has 0 aromatic rings. The molecule has 0 aliphatic heterocycles. The van der Waals surface area contributed by atoms with Gasteiger partial charge in [0.05, 0.1) is 17.9 Å². The van der Waals surface area contributed by atoms with Gasteiger partial charge in [-0.05, 0) is 19.3 Å². The molecular weight excluding hydrogens is 575 g/mol. The molecule has 0 radical (unpaired) electrons. The summed E-state index contributed by atoms with van der Waals surface area (Å²) in [6, 6.07) is 0. The zero-order chi connectivity index (χ0) is 25.9. The van der Waals surface area contributed by atoms with Gasteiger partial charge < -0.3 is 29.7 Å². The molecule has 0 bridgehead atoms. The molecule has 0 aliphatic rings. The molecule has 32 heavy (non-hydrogen) atoms. The topological polar surface area (TPSA) is 120 Å². The van der Waals surface area contributed by atoms with E-state index in [0.29, 0.717) is 19.3 Å². The molecule has 0 aromatic carbocycles. The Morgan fingerprint density at radius 2 is 0.812 bits per heavy atom. The third kappa shape index (κ3) is 37.6. The van der Waals surface area contributed by atoms with Crippen LogP contribution in [0.1, 0.15) is 98.3 Å². The van der Waals surface area contributed by atoms with Crippen molar-refractivity contribution in [3.63, 3.8) is 0 Å². The molecule has 0 aromatic heterocycles. The van der Waals surface area contributed by atoms with Gasteiger partial charge in [0, 0.05) is 15.7 Å². The van der Waals surface area contributed by atoms with Gasteiger partial charge in [0.25, 0.3) is 0 Å². The first kappa shape index (κ1) is 39.5. The monoisotopic (exact) mass is 618 g/mol. The zero-order valence-electron chi connectivity index (χ0n) is 20.0. The Labute approximate surface area is 225 Å². The zero-order valence-corrected chi connectivity index (χ0v) is 25.5. The fraction of sp³-hybridized carbons (Fsp3) is 0.864. The van der Waals surface area contributed by atoms with Crippen molar-refractivity contribution < 1.29 is 29.7 Å². The first-order valence-electron chi connectivity index (χ1n) is 11.3. The van der Waals surface area contributed by atoms with Gasteiger partial charge in [-0.25, -0.2) is 0 Å². The summed E-state index contributed by atoms with van der Waals surface area (Å²) in [6.45, 7) is 8.26. The van der Waals surface area contributed by atoms with Crippen LogP contribution in [0.2, 0.25) is 4.44 Å². The number of hydrogen-bond donors (Lipinski definition) is 3. The van der Waals surface area contributed by atoms with Crippen molar-refractivity contribution in [2.24, 2.45) is 0 Å². The molecule has 0 N–H and O–H groups in total. The average Bonchev–Trinajstić information content (AvgIpc) is 2.75. The molecule has 188 valence electrons. The summed E-state index contributed by atoms with van der Waals surface area (Å²) in [5.41, 5.74) is 0. The molecule has 6 nitrogen and oxygen atoms in total. The molecule has 10 heteroatoms. The van der Waals surface area contributed by atoms with Crippen molar-refractivity contribution in [3.8, 4) is 0 Å². The Bertz CT molecular complexity index is 383. The quantitative estimate of drug-likeness (QED) is 0.203. The van der Waals surface area contributed by atoms with Gasteiger partial charge in [-0.2, -0.15) is 37.9 Å². The van der Waals surface area contributed by atoms with E-state index in [1.165, 1.54) is 17.3 Å². The SMILES string of the molecule is CCCCC(S)C(=O)[O-].CCCCC(S)C(=O)[O-].CCCCC(S)C(=O)[O-].CCC[CH2][Sn+3]. The summed E-state index contributed by atoms with van der Waals surface area (Å²) in [5.74, 6) is -3.19. The molecule has 0 aliphatic carbocycles. The Balaban J connectivity index is -0.000000167. The van der Waals surface area contributed by atoms with E-state index in [0.717, 1.165) is 38.5 Å². The van der Waals surface area contributed by atoms with Gasteiger partial charge in [0.1, 0.15) is 0 Å². The van der Waals surface area contributed by atoms with Crippen LogP contribution in [0, 0.1) is 0 Å². The van der Waals surface area contributed by atoms with Crippen LogP contribution in [-0.2, 0) is 14.4 Å². The third-order valence-corrected chi connectivity index (χ3v) is 6.26. The van der Waals surface area contributed by atoms with E-state index in [1.807, 2.05) is 20.8 Å². The maximum atomic E-state index is 10.0. The molecule has 0 spiro atoms. The van der Waals surface area contributed by atoms with Crippen molar-refractivity contribution in [2.45, 2.75) is 119 Å². The van der Waals surface area contributed by atoms with Crippen LogP contribution < -0.4 is 15.3 Å². The third-order valence-electron chi connectivity index (χ3n) is 3.84. The summed E-state index contributed by atoms with van der Waals surface area (Å²) < 4.78 is 1.43. The Kier molecular flexibility index (Phi) is 38.6. The number of carbonyl (C=O) groups is 3. The fourth-order valence-corrected chi connectivity index (χ4v) is 3.28. The van der Waals surface area contributed by atoms with Gasteiger partial charge in [-0.1, -0.05) is 59.3 Å². The van der Waals surface area contributed by atoms with E-state index < -0.39 is 33.7 Å². The number of rotatable bonds is 14. The van der Waals surface area contributed by atoms with Gasteiger partial charge in [-0.15, -0.1) is 0 Å². The number of unbranched alkanes of at least 4 members (excludes halogenated alkanes) is 4. The summed E-state index contributed by atoms with van der Waals surface area (Å²) in [5, 5.41) is 28.3. The summed E-state index contributed by atoms with van der Waals surface area (Å²) in [4.78, 5) is 30.1. The summed E-state index contributed by atoms with van der Waals surface area (Å²) in [7, 11) is 0. The minimum absolute atomic E-state index is 0.579. The molecule has 0 heterocycles. The van der Waals surface area contributed by atoms with Crippen LogP contribution >= 0.6 is 37.9 Å². The number of carbonyl (C=O) groups excluding carboxylic acids is 3. The van der Waals surface area contributed by atoms with Crippen molar-refractivity contribution in [2.75, 3.05) is 0 Å². The maximum absolute atomic E-state index is 10.0. The van der Waals surface area contributed by atoms with Crippen LogP contribution in [0.4, 0.5) is 0 Å². The normalized spacial score (nSPS) is 12.4. The molecule has 0 saturated heterocycles. The van der Waals surface area contributed by atoms with Gasteiger partial charge in [0.2, 0.25) is 0 Å². The number of carboxylic acids is 3. The van der Waals surface area contributed by atoms with E-state index in [-0.39, 0.29) is 0 Å². The Hall–Kier alpha value is 0.259. The van der Waals surface area contributed by atoms with E-state index >= 15 is 0 Å². The number of hydrogen-bond acceptors (Lipinski definition) is 9. The van der Waals surface area contributed by atoms with Crippen LogP contribution in [0.5, 0.6) is 0 Å². The van der Waals surface area contributed by atoms with Crippen LogP contribution in [-0.4, -0.2) is 56.2 Å². The van der Waals surface area contributed by atoms with Crippen molar-refractivity contribution in [1.29, 1.82) is 0 Å². The van der Waals surface area contributed by atoms with Gasteiger partial charge in [0.15, 0.2) is 0 Å². The van der Waals surface area contributed by atoms with E-state index in [9.17, 15) is 29.7 Å². The molecule has 0 fully saturated rings. The second-order valence-corrected chi connectivity index (χ2v) is 10.3. The number of aliphatic carboxylic acids is 3. The van der Waals surface area contributed by atoms with Crippen LogP contribution in [0.3, 0.4) is 0 Å². The second-order valence-electron chi connectivity index (χ2n) is 7.03. The second kappa shape index (κ2) is 31.3. The van der Waals surface area contributed by atoms with Crippen molar-refractivity contribution in [3.05, 3.63) is 0 Å². The number of thiol groups is 3. The predicted octanol–water partition coefficient (Wildman–Crippen LogP) is 2.05. The van der Waals surface area contributed by atoms with E-state index in [1.54, 1.807) is 22.5 Å². The Morgan fingerprint density at radius 1 is 0.594 bits per heavy atom. The summed E-state index contributed by atoms with van der Waals surface area (Å²) in [6.07, 6.45) is 10.4. The molecule has 0 saturated carbocycles. The molecular formula is C22H42O6S3Sn. The standard InChI is InChI=1S/3C6H12O2S.C4H9.Sn/c3*1-2-3-4-5(9)6(7)8;1-3-4-2;/h3*5,9H,2-4H2,1H3,(H,7,8);1,3-4H2,2H3;/q;;;;+3/p-3. The molecule has 0 amide bonds. The number of carboxylic acid groups (broad SMARTS) is 3. The fourth-order valence-electron chi connectivity index (χ4n) is 1.72. The molecule has 0 rings (SSSR count). The van der Waals surface area contributed by atoms with Gasteiger partial charge in [-0.3, -0.25) is 0 Å². The predicted molar refractivity (Wildman–Crippen MR) is 137 cm³/mol. The van der Waals surface area contributed by atoms with Gasteiger partial charge >= 0.3 is 46.7 Å². The van der Waals surface area contributed by atoms with Crippen LogP contribution in [0.15, 0.2) is 0 Å². The first-order chi connectivity index (χ1) is 15.0. The summed E-state index contributed by atoms with van der Waals surface area (Å²) >= 11 is 13.1. The van der Waals surface area contributed by atoms with E-state index in [4.69, 9.17) is 0 Å². The average molecular weight is 617 g/mol. The molecule has 3 unspecified atom stereocenters. The van der Waals surface area contributed by atoms with Crippen molar-refractivity contribution >= 4 is 78.3 Å². The first-order valence-corrected chi connectivity index (χ1v) is 14.8. The molecule has 3 atom stereocenters. The minimum atomic E-state index is -1.06.